The molecule has 5 nitrogen and oxygen atoms in total. The molecule has 0 unspecified atom stereocenters. The molecule has 0 saturated carbocycles. The number of carbonyl (C=O) groups excluding carboxylic acids is 2. The summed E-state index contributed by atoms with van der Waals surface area (Å²) < 4.78 is 5.33. The van der Waals surface area contributed by atoms with Crippen LogP contribution in [0.3, 0.4) is 0 Å². The van der Waals surface area contributed by atoms with Gasteiger partial charge < -0.3 is 14.6 Å². The smallest absolute Gasteiger partial charge is 0.311 e. The molecule has 3 rings (SSSR count). The summed E-state index contributed by atoms with van der Waals surface area (Å²) in [5.41, 5.74) is 2.59. The monoisotopic (exact) mass is 336 g/mol. The van der Waals surface area contributed by atoms with Crippen molar-refractivity contribution in [3.63, 3.8) is 0 Å². The van der Waals surface area contributed by atoms with Crippen molar-refractivity contribution in [1.29, 1.82) is 0 Å². The molecule has 0 radical (unpaired) electrons. The molecule has 5 heteroatoms. The molecule has 1 atom stereocenters. The van der Waals surface area contributed by atoms with Crippen LogP contribution in [0.5, 0.6) is 0 Å². The molecular weight excluding hydrogens is 316 g/mol. The maximum absolute atomic E-state index is 12.4. The van der Waals surface area contributed by atoms with E-state index in [4.69, 9.17) is 4.74 Å². The number of H-pyrrole nitrogens is 1. The Bertz CT molecular complexity index is 886. The molecule has 0 saturated heterocycles. The van der Waals surface area contributed by atoms with Gasteiger partial charge in [0.1, 0.15) is 0 Å². The van der Waals surface area contributed by atoms with Crippen molar-refractivity contribution in [1.82, 2.24) is 4.98 Å². The topological polar surface area (TPSA) is 62.4 Å². The van der Waals surface area contributed by atoms with Crippen molar-refractivity contribution in [3.05, 3.63) is 66.4 Å². The average molecular weight is 336 g/mol. The summed E-state index contributed by atoms with van der Waals surface area (Å²) in [6.07, 6.45) is 1.08. The normalized spacial score (nSPS) is 11.9. The number of carbonyl (C=O) groups is 2. The number of esters is 1. The highest BCUT2D eigenvalue weighted by Gasteiger charge is 2.22. The molecule has 0 aliphatic heterocycles. The van der Waals surface area contributed by atoms with Crippen molar-refractivity contribution >= 4 is 28.5 Å². The number of aromatic nitrogens is 1. The fourth-order valence-corrected chi connectivity index (χ4v) is 2.77. The molecule has 1 N–H and O–H groups in total. The van der Waals surface area contributed by atoms with Crippen molar-refractivity contribution in [3.8, 4) is 0 Å². The van der Waals surface area contributed by atoms with Gasteiger partial charge >= 0.3 is 5.97 Å². The van der Waals surface area contributed by atoms with Gasteiger partial charge in [0.15, 0.2) is 6.10 Å². The number of rotatable bonds is 5. The lowest BCUT2D eigenvalue weighted by Crippen LogP contribution is -2.37. The van der Waals surface area contributed by atoms with E-state index in [1.54, 1.807) is 20.2 Å². The van der Waals surface area contributed by atoms with Gasteiger partial charge in [-0.3, -0.25) is 9.59 Å². The summed E-state index contributed by atoms with van der Waals surface area (Å²) >= 11 is 0. The van der Waals surface area contributed by atoms with E-state index < -0.39 is 12.1 Å². The van der Waals surface area contributed by atoms with Gasteiger partial charge in [0, 0.05) is 29.8 Å². The molecular formula is C20H20N2O3. The van der Waals surface area contributed by atoms with Gasteiger partial charge in [0.2, 0.25) is 0 Å². The zero-order valence-corrected chi connectivity index (χ0v) is 14.2. The van der Waals surface area contributed by atoms with E-state index in [1.807, 2.05) is 54.6 Å². The Labute approximate surface area is 146 Å². The summed E-state index contributed by atoms with van der Waals surface area (Å²) in [6.45, 7) is 1.59. The number of nitrogens with zero attached hydrogens (tertiary/aromatic N) is 1. The first-order chi connectivity index (χ1) is 12.1. The zero-order valence-electron chi connectivity index (χ0n) is 14.2. The summed E-state index contributed by atoms with van der Waals surface area (Å²) in [5.74, 6) is -0.689. The maximum atomic E-state index is 12.4. The number of benzene rings is 2. The highest BCUT2D eigenvalue weighted by molar-refractivity contribution is 5.97. The molecule has 1 aromatic heterocycles. The van der Waals surface area contributed by atoms with Gasteiger partial charge in [0.05, 0.1) is 6.42 Å². The van der Waals surface area contributed by atoms with Crippen molar-refractivity contribution in [2.24, 2.45) is 0 Å². The molecule has 0 aliphatic rings. The number of para-hydroxylation sites is 2. The van der Waals surface area contributed by atoms with Gasteiger partial charge in [-0.1, -0.05) is 36.4 Å². The van der Waals surface area contributed by atoms with Gasteiger partial charge in [-0.2, -0.15) is 0 Å². The highest BCUT2D eigenvalue weighted by Crippen LogP contribution is 2.19. The maximum Gasteiger partial charge on any atom is 0.311 e. The first-order valence-corrected chi connectivity index (χ1v) is 8.13. The molecule has 2 aromatic carbocycles. The van der Waals surface area contributed by atoms with Gasteiger partial charge in [-0.05, 0) is 30.7 Å². The largest absolute Gasteiger partial charge is 0.452 e. The minimum Gasteiger partial charge on any atom is -0.452 e. The number of likely N-dealkylation sites (N-methyl/N-ethyl adjacent to an activating group) is 1. The SMILES string of the molecule is C[C@H](OC(=O)Cc1c[nH]c2ccccc12)C(=O)N(C)c1ccccc1. The molecule has 0 fully saturated rings. The van der Waals surface area contributed by atoms with Crippen LogP contribution in [0.2, 0.25) is 0 Å². The lowest BCUT2D eigenvalue weighted by Gasteiger charge is -2.21. The number of nitrogens with one attached hydrogen (secondary N) is 1. The van der Waals surface area contributed by atoms with Crippen LogP contribution in [0.25, 0.3) is 10.9 Å². The van der Waals surface area contributed by atoms with E-state index in [-0.39, 0.29) is 12.3 Å². The Hall–Kier alpha value is -3.08. The number of ether oxygens (including phenoxy) is 1. The van der Waals surface area contributed by atoms with Crippen LogP contribution >= 0.6 is 0 Å². The van der Waals surface area contributed by atoms with Crippen molar-refractivity contribution < 1.29 is 14.3 Å². The quantitative estimate of drug-likeness (QED) is 0.727. The molecule has 1 amide bonds. The number of hydrogen-bond acceptors (Lipinski definition) is 3. The van der Waals surface area contributed by atoms with E-state index in [2.05, 4.69) is 4.98 Å². The fraction of sp³-hybridized carbons (Fsp3) is 0.200. The summed E-state index contributed by atoms with van der Waals surface area (Å²) in [4.78, 5) is 29.3. The third kappa shape index (κ3) is 3.71. The summed E-state index contributed by atoms with van der Waals surface area (Å²) in [7, 11) is 1.67. The van der Waals surface area contributed by atoms with Crippen LogP contribution in [0.4, 0.5) is 5.69 Å². The van der Waals surface area contributed by atoms with E-state index in [0.717, 1.165) is 22.2 Å². The number of amides is 1. The van der Waals surface area contributed by atoms with Crippen LogP contribution in [-0.4, -0.2) is 30.0 Å². The molecule has 128 valence electrons. The third-order valence-corrected chi connectivity index (χ3v) is 4.14. The molecule has 3 aromatic rings. The standard InChI is InChI=1S/C20H20N2O3/c1-14(20(24)22(2)16-8-4-3-5-9-16)25-19(23)12-15-13-21-18-11-7-6-10-17(15)18/h3-11,13-14,21H,12H2,1-2H3/t14-/m0/s1. The lowest BCUT2D eigenvalue weighted by molar-refractivity contribution is -0.153. The predicted octanol–water partition coefficient (Wildman–Crippen LogP) is 3.31. The molecule has 0 bridgehead atoms. The lowest BCUT2D eigenvalue weighted by atomic mass is 10.1. The molecule has 1 heterocycles. The van der Waals surface area contributed by atoms with Crippen LogP contribution in [0.1, 0.15) is 12.5 Å². The molecule has 25 heavy (non-hydrogen) atoms. The van der Waals surface area contributed by atoms with Gasteiger partial charge in [-0.25, -0.2) is 0 Å². The third-order valence-electron chi connectivity index (χ3n) is 4.14. The minimum absolute atomic E-state index is 0.122. The fourth-order valence-electron chi connectivity index (χ4n) is 2.77. The summed E-state index contributed by atoms with van der Waals surface area (Å²) in [6, 6.07) is 17.0. The van der Waals surface area contributed by atoms with Crippen molar-refractivity contribution in [2.45, 2.75) is 19.4 Å². The van der Waals surface area contributed by atoms with Crippen LogP contribution < -0.4 is 4.90 Å². The van der Waals surface area contributed by atoms with E-state index >= 15 is 0 Å². The number of fused-ring (bicyclic) bond motifs is 1. The highest BCUT2D eigenvalue weighted by atomic mass is 16.5. The Morgan fingerprint density at radius 1 is 1.08 bits per heavy atom. The van der Waals surface area contributed by atoms with E-state index in [1.165, 1.54) is 4.90 Å². The van der Waals surface area contributed by atoms with Gasteiger partial charge in [-0.15, -0.1) is 0 Å². The van der Waals surface area contributed by atoms with Crippen LogP contribution in [0.15, 0.2) is 60.8 Å². The second kappa shape index (κ2) is 7.21. The zero-order chi connectivity index (χ0) is 17.8. The minimum atomic E-state index is -0.845. The van der Waals surface area contributed by atoms with Crippen molar-refractivity contribution in [2.75, 3.05) is 11.9 Å². The average Bonchev–Trinajstić information content (AvgIpc) is 3.04. The van der Waals surface area contributed by atoms with Gasteiger partial charge in [0.25, 0.3) is 5.91 Å². The van der Waals surface area contributed by atoms with Crippen LogP contribution in [-0.2, 0) is 20.7 Å². The predicted molar refractivity (Wildman–Crippen MR) is 97.4 cm³/mol. The number of anilines is 1. The van der Waals surface area contributed by atoms with E-state index in [0.29, 0.717) is 0 Å². The Morgan fingerprint density at radius 3 is 2.52 bits per heavy atom. The Kier molecular flexibility index (Phi) is 4.84. The second-order valence-electron chi connectivity index (χ2n) is 5.90. The van der Waals surface area contributed by atoms with E-state index in [9.17, 15) is 9.59 Å². The first-order valence-electron chi connectivity index (χ1n) is 8.13. The Balaban J connectivity index is 1.63. The summed E-state index contributed by atoms with van der Waals surface area (Å²) in [5, 5.41) is 0.986. The van der Waals surface area contributed by atoms with Crippen LogP contribution in [0, 0.1) is 0 Å². The Morgan fingerprint density at radius 2 is 1.76 bits per heavy atom. The molecule has 0 aliphatic carbocycles. The number of aromatic amines is 1. The second-order valence-corrected chi connectivity index (χ2v) is 5.90. The first kappa shape index (κ1) is 16.8. The molecule has 0 spiro atoms. The number of hydrogen-bond donors (Lipinski definition) is 1.